The van der Waals surface area contributed by atoms with Crippen LogP contribution in [0.5, 0.6) is 0 Å². The summed E-state index contributed by atoms with van der Waals surface area (Å²) in [6.07, 6.45) is 1.39. The summed E-state index contributed by atoms with van der Waals surface area (Å²) in [4.78, 5) is 2.41. The Bertz CT molecular complexity index is 128. The molecular formula is C11H24ClNO. The van der Waals surface area contributed by atoms with Crippen molar-refractivity contribution in [2.24, 2.45) is 0 Å². The van der Waals surface area contributed by atoms with Crippen LogP contribution >= 0.6 is 11.6 Å². The lowest BCUT2D eigenvalue weighted by Crippen LogP contribution is -2.35. The molecule has 0 fully saturated rings. The van der Waals surface area contributed by atoms with Crippen LogP contribution < -0.4 is 0 Å². The molecule has 0 radical (unpaired) electrons. The van der Waals surface area contributed by atoms with Crippen LogP contribution in [0.2, 0.25) is 0 Å². The highest BCUT2D eigenvalue weighted by atomic mass is 35.5. The molecule has 0 amide bonds. The van der Waals surface area contributed by atoms with Gasteiger partial charge in [0.25, 0.3) is 0 Å². The molecule has 0 N–H and O–H groups in total. The normalized spacial score (nSPS) is 12.0. The van der Waals surface area contributed by atoms with E-state index in [2.05, 4.69) is 32.6 Å². The van der Waals surface area contributed by atoms with Gasteiger partial charge in [0.1, 0.15) is 0 Å². The van der Waals surface area contributed by atoms with Crippen molar-refractivity contribution in [2.45, 2.75) is 46.3 Å². The molecule has 0 saturated heterocycles. The quantitative estimate of drug-likeness (QED) is 0.585. The number of halogens is 1. The van der Waals surface area contributed by atoms with Gasteiger partial charge >= 0.3 is 0 Å². The van der Waals surface area contributed by atoms with E-state index in [4.69, 9.17) is 16.3 Å². The monoisotopic (exact) mass is 221 g/mol. The van der Waals surface area contributed by atoms with E-state index in [-0.39, 0.29) is 0 Å². The summed E-state index contributed by atoms with van der Waals surface area (Å²) >= 11 is 5.68. The van der Waals surface area contributed by atoms with Gasteiger partial charge in [-0.25, -0.2) is 0 Å². The first-order valence-electron chi connectivity index (χ1n) is 5.49. The summed E-state index contributed by atoms with van der Waals surface area (Å²) < 4.78 is 5.53. The molecule has 0 aliphatic rings. The highest BCUT2D eigenvalue weighted by molar-refractivity contribution is 6.17. The van der Waals surface area contributed by atoms with Crippen LogP contribution in [0.15, 0.2) is 0 Å². The Labute approximate surface area is 93.6 Å². The van der Waals surface area contributed by atoms with E-state index < -0.39 is 0 Å². The third kappa shape index (κ3) is 7.60. The SMILES string of the molecule is CC(C)OCCN(CCCCl)C(C)C. The van der Waals surface area contributed by atoms with Crippen LogP contribution in [0.4, 0.5) is 0 Å². The van der Waals surface area contributed by atoms with Crippen molar-refractivity contribution in [1.29, 1.82) is 0 Å². The van der Waals surface area contributed by atoms with Gasteiger partial charge in [-0.2, -0.15) is 0 Å². The van der Waals surface area contributed by atoms with Crippen molar-refractivity contribution in [3.63, 3.8) is 0 Å². The first kappa shape index (κ1) is 14.2. The number of ether oxygens (including phenoxy) is 1. The molecule has 0 unspecified atom stereocenters. The number of alkyl halides is 1. The lowest BCUT2D eigenvalue weighted by atomic mass is 10.3. The largest absolute Gasteiger partial charge is 0.377 e. The molecule has 86 valence electrons. The molecule has 0 bridgehead atoms. The fraction of sp³-hybridized carbons (Fsp3) is 1.00. The molecule has 0 rings (SSSR count). The van der Waals surface area contributed by atoms with E-state index in [1.165, 1.54) is 0 Å². The first-order chi connectivity index (χ1) is 6.57. The average Bonchev–Trinajstić information content (AvgIpc) is 2.09. The van der Waals surface area contributed by atoms with Gasteiger partial charge in [0, 0.05) is 18.5 Å². The van der Waals surface area contributed by atoms with Crippen LogP contribution in [-0.2, 0) is 4.74 Å². The second kappa shape index (κ2) is 8.51. The third-order valence-corrected chi connectivity index (χ3v) is 2.41. The molecule has 0 aliphatic heterocycles. The van der Waals surface area contributed by atoms with Crippen LogP contribution in [0.25, 0.3) is 0 Å². The smallest absolute Gasteiger partial charge is 0.0597 e. The minimum absolute atomic E-state index is 0.331. The fourth-order valence-corrected chi connectivity index (χ4v) is 1.42. The van der Waals surface area contributed by atoms with E-state index in [9.17, 15) is 0 Å². The van der Waals surface area contributed by atoms with Crippen LogP contribution in [0.1, 0.15) is 34.1 Å². The Morgan fingerprint density at radius 2 is 1.79 bits per heavy atom. The van der Waals surface area contributed by atoms with Crippen LogP contribution in [0.3, 0.4) is 0 Å². The summed E-state index contributed by atoms with van der Waals surface area (Å²) in [7, 11) is 0. The average molecular weight is 222 g/mol. The predicted molar refractivity (Wildman–Crippen MR) is 63.1 cm³/mol. The van der Waals surface area contributed by atoms with Crippen LogP contribution in [0, 0.1) is 0 Å². The highest BCUT2D eigenvalue weighted by Gasteiger charge is 2.08. The molecule has 0 aliphatic carbocycles. The fourth-order valence-electron chi connectivity index (χ4n) is 1.30. The predicted octanol–water partition coefficient (Wildman–Crippen LogP) is 2.75. The Hall–Kier alpha value is 0.210. The standard InChI is InChI=1S/C11H24ClNO/c1-10(2)13(7-5-6-12)8-9-14-11(3)4/h10-11H,5-9H2,1-4H3. The second-order valence-electron chi connectivity index (χ2n) is 4.09. The molecule has 0 aromatic heterocycles. The van der Waals surface area contributed by atoms with Gasteiger partial charge in [0.2, 0.25) is 0 Å². The van der Waals surface area contributed by atoms with Gasteiger partial charge < -0.3 is 4.74 Å². The van der Waals surface area contributed by atoms with Gasteiger partial charge in [0.05, 0.1) is 12.7 Å². The molecular weight excluding hydrogens is 198 g/mol. The summed E-state index contributed by atoms with van der Waals surface area (Å²) in [5.41, 5.74) is 0. The van der Waals surface area contributed by atoms with Gasteiger partial charge in [-0.3, -0.25) is 4.90 Å². The van der Waals surface area contributed by atoms with Crippen molar-refractivity contribution in [2.75, 3.05) is 25.6 Å². The Morgan fingerprint density at radius 3 is 2.21 bits per heavy atom. The lowest BCUT2D eigenvalue weighted by molar-refractivity contribution is 0.0524. The zero-order valence-corrected chi connectivity index (χ0v) is 10.7. The number of rotatable bonds is 8. The van der Waals surface area contributed by atoms with E-state index in [0.29, 0.717) is 12.1 Å². The minimum atomic E-state index is 0.331. The Balaban J connectivity index is 3.62. The molecule has 0 spiro atoms. The maximum atomic E-state index is 5.68. The molecule has 2 nitrogen and oxygen atoms in total. The van der Waals surface area contributed by atoms with E-state index >= 15 is 0 Å². The third-order valence-electron chi connectivity index (χ3n) is 2.14. The molecule has 0 heterocycles. The van der Waals surface area contributed by atoms with Crippen molar-refractivity contribution >= 4 is 11.6 Å². The number of hydrogen-bond donors (Lipinski definition) is 0. The van der Waals surface area contributed by atoms with Crippen molar-refractivity contribution < 1.29 is 4.74 Å². The van der Waals surface area contributed by atoms with E-state index in [1.54, 1.807) is 0 Å². The summed E-state index contributed by atoms with van der Waals surface area (Å²) in [5.74, 6) is 0.744. The molecule has 0 aromatic carbocycles. The molecule has 3 heteroatoms. The van der Waals surface area contributed by atoms with Gasteiger partial charge in [-0.15, -0.1) is 11.6 Å². The maximum Gasteiger partial charge on any atom is 0.0597 e. The molecule has 0 aromatic rings. The van der Waals surface area contributed by atoms with Crippen molar-refractivity contribution in [3.8, 4) is 0 Å². The molecule has 14 heavy (non-hydrogen) atoms. The second-order valence-corrected chi connectivity index (χ2v) is 4.47. The first-order valence-corrected chi connectivity index (χ1v) is 6.03. The summed E-state index contributed by atoms with van der Waals surface area (Å²) in [5, 5.41) is 0. The zero-order valence-electron chi connectivity index (χ0n) is 9.92. The summed E-state index contributed by atoms with van der Waals surface area (Å²) in [6.45, 7) is 11.5. The maximum absolute atomic E-state index is 5.68. The minimum Gasteiger partial charge on any atom is -0.377 e. The van der Waals surface area contributed by atoms with Gasteiger partial charge in [0.15, 0.2) is 0 Å². The number of hydrogen-bond acceptors (Lipinski definition) is 2. The van der Waals surface area contributed by atoms with E-state index in [1.807, 2.05) is 0 Å². The van der Waals surface area contributed by atoms with E-state index in [0.717, 1.165) is 32.0 Å². The Kier molecular flexibility index (Phi) is 8.64. The lowest BCUT2D eigenvalue weighted by Gasteiger charge is -2.26. The zero-order chi connectivity index (χ0) is 11.0. The van der Waals surface area contributed by atoms with Crippen molar-refractivity contribution in [1.82, 2.24) is 4.90 Å². The molecule has 0 saturated carbocycles. The highest BCUT2D eigenvalue weighted by Crippen LogP contribution is 2.01. The Morgan fingerprint density at radius 1 is 1.14 bits per heavy atom. The van der Waals surface area contributed by atoms with Crippen LogP contribution in [-0.4, -0.2) is 42.6 Å². The topological polar surface area (TPSA) is 12.5 Å². The summed E-state index contributed by atoms with van der Waals surface area (Å²) in [6, 6.07) is 0.578. The molecule has 0 atom stereocenters. The van der Waals surface area contributed by atoms with Gasteiger partial charge in [-0.05, 0) is 40.7 Å². The van der Waals surface area contributed by atoms with Gasteiger partial charge in [-0.1, -0.05) is 0 Å². The van der Waals surface area contributed by atoms with Crippen molar-refractivity contribution in [3.05, 3.63) is 0 Å². The number of nitrogens with zero attached hydrogens (tertiary/aromatic N) is 1.